The lowest BCUT2D eigenvalue weighted by atomic mass is 10.1. The van der Waals surface area contributed by atoms with Crippen molar-refractivity contribution in [1.29, 1.82) is 0 Å². The minimum absolute atomic E-state index is 0.589. The number of ether oxygens (including phenoxy) is 2. The van der Waals surface area contributed by atoms with Crippen LogP contribution in [-0.2, 0) is 4.74 Å². The van der Waals surface area contributed by atoms with E-state index >= 15 is 0 Å². The first kappa shape index (κ1) is 13.1. The summed E-state index contributed by atoms with van der Waals surface area (Å²) in [6.07, 6.45) is 3.96. The van der Waals surface area contributed by atoms with E-state index < -0.39 is 0 Å². The Labute approximate surface area is 108 Å². The molecule has 2 heterocycles. The highest BCUT2D eigenvalue weighted by Crippen LogP contribution is 2.22. The van der Waals surface area contributed by atoms with E-state index in [4.69, 9.17) is 9.47 Å². The average molecular weight is 251 g/mol. The molecule has 1 atom stereocenters. The molecule has 0 spiro atoms. The molecule has 100 valence electrons. The van der Waals surface area contributed by atoms with Gasteiger partial charge in [0, 0.05) is 37.9 Å². The largest absolute Gasteiger partial charge is 0.481 e. The number of aromatic nitrogens is 2. The number of hydrogen-bond donors (Lipinski definition) is 0. The molecule has 1 aromatic heterocycles. The monoisotopic (exact) mass is 251 g/mol. The summed E-state index contributed by atoms with van der Waals surface area (Å²) in [7, 11) is 1.62. The zero-order valence-corrected chi connectivity index (χ0v) is 11.1. The van der Waals surface area contributed by atoms with Crippen LogP contribution in [0, 0.1) is 5.92 Å². The van der Waals surface area contributed by atoms with Crippen LogP contribution in [0.2, 0.25) is 0 Å². The summed E-state index contributed by atoms with van der Waals surface area (Å²) in [4.78, 5) is 10.8. The molecule has 0 saturated carbocycles. The predicted molar refractivity (Wildman–Crippen MR) is 70.0 cm³/mol. The summed E-state index contributed by atoms with van der Waals surface area (Å²) in [5.74, 6) is 1.96. The molecule has 1 aliphatic heterocycles. The Morgan fingerprint density at radius 3 is 3.17 bits per heavy atom. The van der Waals surface area contributed by atoms with Gasteiger partial charge in [-0.1, -0.05) is 6.92 Å². The van der Waals surface area contributed by atoms with Crippen molar-refractivity contribution in [2.24, 2.45) is 5.92 Å². The molecule has 0 N–H and O–H groups in total. The Morgan fingerprint density at radius 1 is 1.50 bits per heavy atom. The van der Waals surface area contributed by atoms with Crippen LogP contribution in [0.1, 0.15) is 19.8 Å². The summed E-state index contributed by atoms with van der Waals surface area (Å²) < 4.78 is 10.7. The fourth-order valence-corrected chi connectivity index (χ4v) is 2.14. The smallest absolute Gasteiger partial charge is 0.228 e. The lowest BCUT2D eigenvalue weighted by Gasteiger charge is -2.16. The van der Waals surface area contributed by atoms with Crippen LogP contribution in [0.15, 0.2) is 12.3 Å². The summed E-state index contributed by atoms with van der Waals surface area (Å²) in [5, 5.41) is 0. The average Bonchev–Trinajstić information content (AvgIpc) is 2.88. The molecule has 0 aliphatic carbocycles. The van der Waals surface area contributed by atoms with Gasteiger partial charge in [-0.2, -0.15) is 4.98 Å². The van der Waals surface area contributed by atoms with Crippen molar-refractivity contribution in [1.82, 2.24) is 9.97 Å². The minimum atomic E-state index is 0.589. The molecular weight excluding hydrogens is 230 g/mol. The highest BCUT2D eigenvalue weighted by molar-refractivity contribution is 5.33. The molecule has 1 aromatic rings. The third kappa shape index (κ3) is 3.32. The van der Waals surface area contributed by atoms with Gasteiger partial charge in [0.2, 0.25) is 11.8 Å². The van der Waals surface area contributed by atoms with Gasteiger partial charge in [-0.25, -0.2) is 4.98 Å². The Kier molecular flexibility index (Phi) is 4.75. The zero-order chi connectivity index (χ0) is 12.8. The number of methoxy groups -OCH3 is 1. The van der Waals surface area contributed by atoms with E-state index in [-0.39, 0.29) is 0 Å². The SMILES string of the molecule is CCCOC[C@@H]1CCN(c2nccc(OC)n2)C1. The first-order valence-electron chi connectivity index (χ1n) is 6.53. The fourth-order valence-electron chi connectivity index (χ4n) is 2.14. The number of nitrogens with zero attached hydrogens (tertiary/aromatic N) is 3. The standard InChI is InChI=1S/C13H21N3O2/c1-3-8-18-10-11-5-7-16(9-11)13-14-6-4-12(15-13)17-2/h4,6,11H,3,5,7-10H2,1-2H3/t11-/m1/s1. The van der Waals surface area contributed by atoms with E-state index in [0.717, 1.165) is 45.1 Å². The van der Waals surface area contributed by atoms with Crippen molar-refractivity contribution in [3.63, 3.8) is 0 Å². The third-order valence-electron chi connectivity index (χ3n) is 3.10. The lowest BCUT2D eigenvalue weighted by molar-refractivity contribution is 0.106. The second-order valence-corrected chi connectivity index (χ2v) is 4.57. The maximum Gasteiger partial charge on any atom is 0.228 e. The van der Waals surface area contributed by atoms with Crippen LogP contribution >= 0.6 is 0 Å². The normalized spacial score (nSPS) is 19.2. The molecule has 1 aliphatic rings. The molecule has 0 unspecified atom stereocenters. The van der Waals surface area contributed by atoms with Gasteiger partial charge >= 0.3 is 0 Å². The fraction of sp³-hybridized carbons (Fsp3) is 0.692. The molecule has 0 bridgehead atoms. The van der Waals surface area contributed by atoms with Crippen LogP contribution in [0.4, 0.5) is 5.95 Å². The summed E-state index contributed by atoms with van der Waals surface area (Å²) in [6.45, 7) is 5.79. The minimum Gasteiger partial charge on any atom is -0.481 e. The van der Waals surface area contributed by atoms with Crippen LogP contribution in [0.3, 0.4) is 0 Å². The van der Waals surface area contributed by atoms with Crippen LogP contribution in [0.25, 0.3) is 0 Å². The van der Waals surface area contributed by atoms with Gasteiger partial charge in [-0.15, -0.1) is 0 Å². The predicted octanol–water partition coefficient (Wildman–Crippen LogP) is 1.74. The highest BCUT2D eigenvalue weighted by Gasteiger charge is 2.24. The van der Waals surface area contributed by atoms with Gasteiger partial charge in [0.05, 0.1) is 13.7 Å². The van der Waals surface area contributed by atoms with E-state index in [9.17, 15) is 0 Å². The maximum atomic E-state index is 5.60. The summed E-state index contributed by atoms with van der Waals surface area (Å²) in [5.41, 5.74) is 0. The Morgan fingerprint density at radius 2 is 2.39 bits per heavy atom. The Hall–Kier alpha value is -1.36. The molecule has 0 amide bonds. The number of hydrogen-bond acceptors (Lipinski definition) is 5. The van der Waals surface area contributed by atoms with Crippen molar-refractivity contribution in [3.8, 4) is 5.88 Å². The summed E-state index contributed by atoms with van der Waals surface area (Å²) in [6, 6.07) is 1.77. The van der Waals surface area contributed by atoms with Crippen molar-refractivity contribution < 1.29 is 9.47 Å². The quantitative estimate of drug-likeness (QED) is 0.721. The first-order chi connectivity index (χ1) is 8.83. The van der Waals surface area contributed by atoms with Gasteiger partial charge in [0.15, 0.2) is 0 Å². The van der Waals surface area contributed by atoms with Crippen molar-refractivity contribution >= 4 is 5.95 Å². The van der Waals surface area contributed by atoms with Crippen molar-refractivity contribution in [3.05, 3.63) is 12.3 Å². The Balaban J connectivity index is 1.87. The molecule has 1 fully saturated rings. The van der Waals surface area contributed by atoms with E-state index in [1.54, 1.807) is 19.4 Å². The number of anilines is 1. The molecule has 0 aromatic carbocycles. The van der Waals surface area contributed by atoms with Crippen molar-refractivity contribution in [2.45, 2.75) is 19.8 Å². The second kappa shape index (κ2) is 6.54. The summed E-state index contributed by atoms with van der Waals surface area (Å²) >= 11 is 0. The molecule has 2 rings (SSSR count). The zero-order valence-electron chi connectivity index (χ0n) is 11.1. The van der Waals surface area contributed by atoms with Crippen molar-refractivity contribution in [2.75, 3.05) is 38.3 Å². The molecule has 5 nitrogen and oxygen atoms in total. The van der Waals surface area contributed by atoms with Gasteiger partial charge in [-0.05, 0) is 12.8 Å². The van der Waals surface area contributed by atoms with Crippen LogP contribution in [-0.4, -0.2) is 43.4 Å². The maximum absolute atomic E-state index is 5.60. The molecule has 1 saturated heterocycles. The van der Waals surface area contributed by atoms with Crippen LogP contribution in [0.5, 0.6) is 5.88 Å². The van der Waals surface area contributed by atoms with E-state index in [1.165, 1.54) is 0 Å². The van der Waals surface area contributed by atoms with Gasteiger partial charge < -0.3 is 14.4 Å². The number of rotatable bonds is 6. The topological polar surface area (TPSA) is 47.5 Å². The molecular formula is C13H21N3O2. The molecule has 18 heavy (non-hydrogen) atoms. The lowest BCUT2D eigenvalue weighted by Crippen LogP contribution is -2.23. The first-order valence-corrected chi connectivity index (χ1v) is 6.53. The van der Waals surface area contributed by atoms with Crippen LogP contribution < -0.4 is 9.64 Å². The van der Waals surface area contributed by atoms with Gasteiger partial charge in [0.1, 0.15) is 0 Å². The van der Waals surface area contributed by atoms with E-state index in [2.05, 4.69) is 21.8 Å². The second-order valence-electron chi connectivity index (χ2n) is 4.57. The molecule has 5 heteroatoms. The third-order valence-corrected chi connectivity index (χ3v) is 3.10. The highest BCUT2D eigenvalue weighted by atomic mass is 16.5. The van der Waals surface area contributed by atoms with Gasteiger partial charge in [0.25, 0.3) is 0 Å². The molecule has 0 radical (unpaired) electrons. The van der Waals surface area contributed by atoms with E-state index in [0.29, 0.717) is 11.8 Å². The van der Waals surface area contributed by atoms with E-state index in [1.807, 2.05) is 0 Å². The van der Waals surface area contributed by atoms with Gasteiger partial charge in [-0.3, -0.25) is 0 Å². The Bertz CT molecular complexity index is 373.